The second-order valence-electron chi connectivity index (χ2n) is 8.87. The monoisotopic (exact) mass is 496 g/mol. The van der Waals surface area contributed by atoms with E-state index in [1.165, 1.54) is 12.0 Å². The molecule has 1 fully saturated rings. The molecule has 0 saturated carbocycles. The van der Waals surface area contributed by atoms with E-state index in [0.29, 0.717) is 54.7 Å². The third kappa shape index (κ3) is 5.99. The van der Waals surface area contributed by atoms with Crippen molar-refractivity contribution >= 4 is 17.4 Å². The quantitative estimate of drug-likeness (QED) is 0.203. The second kappa shape index (κ2) is 12.4. The fourth-order valence-corrected chi connectivity index (χ4v) is 4.12. The summed E-state index contributed by atoms with van der Waals surface area (Å²) in [7, 11) is 5.33. The number of ketones is 1. The van der Waals surface area contributed by atoms with Gasteiger partial charge in [0.2, 0.25) is 0 Å². The first-order chi connectivity index (χ1) is 17.3. The number of unbranched alkanes of at least 4 members (excludes halogenated alkanes) is 1. The molecule has 1 atom stereocenters. The largest absolute Gasteiger partial charge is 0.507 e. The van der Waals surface area contributed by atoms with Crippen molar-refractivity contribution in [3.05, 3.63) is 59.2 Å². The summed E-state index contributed by atoms with van der Waals surface area (Å²) in [5, 5.41) is 11.4. The molecule has 2 aromatic rings. The average molecular weight is 497 g/mol. The number of likely N-dealkylation sites (tertiary alicyclic amines) is 1. The highest BCUT2D eigenvalue weighted by Crippen LogP contribution is 2.42. The Morgan fingerprint density at radius 3 is 2.50 bits per heavy atom. The van der Waals surface area contributed by atoms with E-state index in [1.54, 1.807) is 42.5 Å². The number of rotatable bonds is 12. The minimum absolute atomic E-state index is 0.0377. The van der Waals surface area contributed by atoms with Gasteiger partial charge in [-0.2, -0.15) is 0 Å². The van der Waals surface area contributed by atoms with Crippen molar-refractivity contribution in [2.75, 3.05) is 47.5 Å². The molecular formula is C28H36N2O6. The highest BCUT2D eigenvalue weighted by molar-refractivity contribution is 6.46. The Kier molecular flexibility index (Phi) is 9.36. The Hall–Kier alpha value is -3.52. The first-order valence-corrected chi connectivity index (χ1v) is 12.3. The van der Waals surface area contributed by atoms with Gasteiger partial charge in [0.05, 0.1) is 31.9 Å². The lowest BCUT2D eigenvalue weighted by Gasteiger charge is -2.27. The van der Waals surface area contributed by atoms with Gasteiger partial charge in [-0.25, -0.2) is 0 Å². The van der Waals surface area contributed by atoms with E-state index in [2.05, 4.69) is 6.92 Å². The summed E-state index contributed by atoms with van der Waals surface area (Å²) in [6, 6.07) is 11.5. The van der Waals surface area contributed by atoms with Crippen LogP contribution in [0.5, 0.6) is 17.2 Å². The molecule has 8 heteroatoms. The summed E-state index contributed by atoms with van der Waals surface area (Å²) in [6.45, 7) is 5.85. The summed E-state index contributed by atoms with van der Waals surface area (Å²) in [4.78, 5) is 29.9. The molecule has 36 heavy (non-hydrogen) atoms. The molecular weight excluding hydrogens is 460 g/mol. The number of aliphatic hydroxyl groups is 1. The number of carbonyl (C=O) groups excluding carboxylic acids is 2. The van der Waals surface area contributed by atoms with Crippen LogP contribution in [0.15, 0.2) is 48.0 Å². The molecule has 1 amide bonds. The standard InChI is InChI=1S/C28H36N2O6/c1-6-8-16-36-21-11-9-10-20(17-21)26(31)24-25(30(15-14-29(3)4)28(33)27(24)32)19-12-13-22(35-7-2)23(18-19)34-5/h9-13,17-18,25,31H,6-8,14-16H2,1-5H3/b26-24+. The van der Waals surface area contributed by atoms with Gasteiger partial charge in [0, 0.05) is 18.7 Å². The molecule has 1 aliphatic heterocycles. The Balaban J connectivity index is 2.11. The molecule has 0 aliphatic carbocycles. The van der Waals surface area contributed by atoms with Crippen molar-refractivity contribution in [1.82, 2.24) is 9.80 Å². The molecule has 194 valence electrons. The fourth-order valence-electron chi connectivity index (χ4n) is 4.12. The summed E-state index contributed by atoms with van der Waals surface area (Å²) in [5.41, 5.74) is 1.10. The van der Waals surface area contributed by atoms with Gasteiger partial charge in [-0.3, -0.25) is 9.59 Å². The lowest BCUT2D eigenvalue weighted by Crippen LogP contribution is -2.35. The van der Waals surface area contributed by atoms with Crippen molar-refractivity contribution in [1.29, 1.82) is 0 Å². The van der Waals surface area contributed by atoms with E-state index in [4.69, 9.17) is 14.2 Å². The lowest BCUT2D eigenvalue weighted by molar-refractivity contribution is -0.140. The predicted molar refractivity (Wildman–Crippen MR) is 139 cm³/mol. The van der Waals surface area contributed by atoms with E-state index >= 15 is 0 Å². The number of hydrogen-bond acceptors (Lipinski definition) is 7. The number of amides is 1. The topological polar surface area (TPSA) is 88.5 Å². The predicted octanol–water partition coefficient (Wildman–Crippen LogP) is 4.26. The smallest absolute Gasteiger partial charge is 0.295 e. The Morgan fingerprint density at radius 1 is 1.06 bits per heavy atom. The van der Waals surface area contributed by atoms with Crippen molar-refractivity contribution in [3.8, 4) is 17.2 Å². The van der Waals surface area contributed by atoms with Crippen molar-refractivity contribution in [2.45, 2.75) is 32.7 Å². The van der Waals surface area contributed by atoms with Crippen molar-refractivity contribution in [3.63, 3.8) is 0 Å². The Labute approximate surface area is 213 Å². The van der Waals surface area contributed by atoms with Gasteiger partial charge in [0.25, 0.3) is 11.7 Å². The number of carbonyl (C=O) groups is 2. The molecule has 1 N–H and O–H groups in total. The van der Waals surface area contributed by atoms with E-state index in [-0.39, 0.29) is 11.3 Å². The van der Waals surface area contributed by atoms with Gasteiger partial charge < -0.3 is 29.1 Å². The number of benzene rings is 2. The van der Waals surface area contributed by atoms with E-state index < -0.39 is 17.7 Å². The number of hydrogen-bond donors (Lipinski definition) is 1. The van der Waals surface area contributed by atoms with E-state index in [0.717, 1.165) is 12.8 Å². The van der Waals surface area contributed by atoms with Crippen LogP contribution in [0.2, 0.25) is 0 Å². The molecule has 1 unspecified atom stereocenters. The van der Waals surface area contributed by atoms with Crippen LogP contribution in [0.4, 0.5) is 0 Å². The van der Waals surface area contributed by atoms with Gasteiger partial charge in [0.15, 0.2) is 11.5 Å². The number of likely N-dealkylation sites (N-methyl/N-ethyl adjacent to an activating group) is 1. The summed E-state index contributed by atoms with van der Waals surface area (Å²) < 4.78 is 16.9. The van der Waals surface area contributed by atoms with Crippen LogP contribution >= 0.6 is 0 Å². The maximum Gasteiger partial charge on any atom is 0.295 e. The fraction of sp³-hybridized carbons (Fsp3) is 0.429. The van der Waals surface area contributed by atoms with Crippen LogP contribution in [0.3, 0.4) is 0 Å². The van der Waals surface area contributed by atoms with Gasteiger partial charge in [-0.05, 0) is 57.3 Å². The van der Waals surface area contributed by atoms with E-state index in [9.17, 15) is 14.7 Å². The minimum Gasteiger partial charge on any atom is -0.507 e. The van der Waals surface area contributed by atoms with Crippen LogP contribution in [0, 0.1) is 0 Å². The SMILES string of the molecule is CCCCOc1cccc(/C(O)=C2\C(=O)C(=O)N(CCN(C)C)C2c2ccc(OCC)c(OC)c2)c1. The highest BCUT2D eigenvalue weighted by atomic mass is 16.5. The zero-order chi connectivity index (χ0) is 26.2. The molecule has 1 aliphatic rings. The molecule has 0 spiro atoms. The lowest BCUT2D eigenvalue weighted by atomic mass is 9.95. The number of ether oxygens (including phenoxy) is 3. The number of aliphatic hydroxyl groups excluding tert-OH is 1. The van der Waals surface area contributed by atoms with Crippen molar-refractivity contribution in [2.24, 2.45) is 0 Å². The van der Waals surface area contributed by atoms with Gasteiger partial charge >= 0.3 is 0 Å². The number of methoxy groups -OCH3 is 1. The van der Waals surface area contributed by atoms with Crippen LogP contribution in [-0.2, 0) is 9.59 Å². The number of nitrogens with zero attached hydrogens (tertiary/aromatic N) is 2. The third-order valence-electron chi connectivity index (χ3n) is 6.01. The maximum atomic E-state index is 13.3. The van der Waals surface area contributed by atoms with Crippen molar-refractivity contribution < 1.29 is 28.9 Å². The average Bonchev–Trinajstić information content (AvgIpc) is 3.12. The third-order valence-corrected chi connectivity index (χ3v) is 6.01. The molecule has 3 rings (SSSR count). The van der Waals surface area contributed by atoms with Crippen LogP contribution in [0.1, 0.15) is 43.9 Å². The second-order valence-corrected chi connectivity index (χ2v) is 8.87. The van der Waals surface area contributed by atoms with Gasteiger partial charge in [0.1, 0.15) is 11.5 Å². The zero-order valence-electron chi connectivity index (χ0n) is 21.7. The van der Waals surface area contributed by atoms with Crippen LogP contribution in [-0.4, -0.2) is 74.1 Å². The van der Waals surface area contributed by atoms with Gasteiger partial charge in [-0.1, -0.05) is 31.5 Å². The maximum absolute atomic E-state index is 13.3. The first kappa shape index (κ1) is 27.1. The zero-order valence-corrected chi connectivity index (χ0v) is 21.7. The normalized spacial score (nSPS) is 17.1. The molecule has 0 aromatic heterocycles. The summed E-state index contributed by atoms with van der Waals surface area (Å²) in [5.74, 6) is 0.0333. The molecule has 1 saturated heterocycles. The highest BCUT2D eigenvalue weighted by Gasteiger charge is 2.46. The van der Waals surface area contributed by atoms with Crippen LogP contribution in [0.25, 0.3) is 5.76 Å². The Morgan fingerprint density at radius 2 is 1.83 bits per heavy atom. The van der Waals surface area contributed by atoms with Crippen LogP contribution < -0.4 is 14.2 Å². The summed E-state index contributed by atoms with van der Waals surface area (Å²) >= 11 is 0. The molecule has 2 aromatic carbocycles. The number of Topliss-reactive ketones (excluding diaryl/α,β-unsaturated/α-hetero) is 1. The minimum atomic E-state index is -0.779. The molecule has 8 nitrogen and oxygen atoms in total. The summed E-state index contributed by atoms with van der Waals surface area (Å²) in [6.07, 6.45) is 1.91. The molecule has 1 heterocycles. The molecule has 0 radical (unpaired) electrons. The Bertz CT molecular complexity index is 1110. The molecule has 0 bridgehead atoms. The van der Waals surface area contributed by atoms with Gasteiger partial charge in [-0.15, -0.1) is 0 Å². The first-order valence-electron chi connectivity index (χ1n) is 12.3. The van der Waals surface area contributed by atoms with E-state index in [1.807, 2.05) is 25.9 Å².